The minimum absolute atomic E-state index is 0.151. The van der Waals surface area contributed by atoms with Crippen LogP contribution in [0, 0.1) is 10.1 Å². The fourth-order valence-electron chi connectivity index (χ4n) is 3.08. The van der Waals surface area contributed by atoms with E-state index < -0.39 is 0 Å². The standard InChI is InChI=1S/C18H21N3O3/c1-24-18-8-6-16(7-9-18)20-12-10-19(11-13-20)14-15-2-4-17(5-3-15)21(22)23/h2-9H,10-14H2,1H3/p+1. The first-order valence-corrected chi connectivity index (χ1v) is 8.11. The molecule has 1 fully saturated rings. The summed E-state index contributed by atoms with van der Waals surface area (Å²) < 4.78 is 5.20. The van der Waals surface area contributed by atoms with Crippen LogP contribution in [0.15, 0.2) is 48.5 Å². The summed E-state index contributed by atoms with van der Waals surface area (Å²) in [5.74, 6) is 0.876. The maximum absolute atomic E-state index is 10.7. The van der Waals surface area contributed by atoms with Crippen LogP contribution in [-0.4, -0.2) is 38.2 Å². The quantitative estimate of drug-likeness (QED) is 0.668. The number of benzene rings is 2. The molecular formula is C18H22N3O3+. The predicted octanol–water partition coefficient (Wildman–Crippen LogP) is 1.51. The van der Waals surface area contributed by atoms with Gasteiger partial charge in [-0.2, -0.15) is 0 Å². The minimum Gasteiger partial charge on any atom is -0.497 e. The average Bonchev–Trinajstić information content (AvgIpc) is 2.63. The molecule has 0 amide bonds. The van der Waals surface area contributed by atoms with Gasteiger partial charge in [-0.15, -0.1) is 0 Å². The van der Waals surface area contributed by atoms with E-state index in [4.69, 9.17) is 4.74 Å². The van der Waals surface area contributed by atoms with Crippen molar-refractivity contribution < 1.29 is 14.6 Å². The third kappa shape index (κ3) is 3.83. The van der Waals surface area contributed by atoms with Gasteiger partial charge in [0.2, 0.25) is 0 Å². The molecule has 0 bridgehead atoms. The number of nitrogens with zero attached hydrogens (tertiary/aromatic N) is 2. The van der Waals surface area contributed by atoms with Gasteiger partial charge in [0.1, 0.15) is 12.3 Å². The summed E-state index contributed by atoms with van der Waals surface area (Å²) in [5, 5.41) is 10.7. The number of methoxy groups -OCH3 is 1. The topological polar surface area (TPSA) is 60.0 Å². The number of ether oxygens (including phenoxy) is 1. The second kappa shape index (κ2) is 7.31. The molecule has 1 aliphatic heterocycles. The largest absolute Gasteiger partial charge is 0.497 e. The zero-order valence-electron chi connectivity index (χ0n) is 13.8. The van der Waals surface area contributed by atoms with Gasteiger partial charge in [-0.05, 0) is 36.4 Å². The Morgan fingerprint density at radius 3 is 2.25 bits per heavy atom. The Bertz CT molecular complexity index is 678. The van der Waals surface area contributed by atoms with E-state index in [1.165, 1.54) is 10.6 Å². The highest BCUT2D eigenvalue weighted by molar-refractivity contribution is 5.49. The summed E-state index contributed by atoms with van der Waals surface area (Å²) in [5.41, 5.74) is 2.52. The van der Waals surface area contributed by atoms with Crippen LogP contribution in [0.5, 0.6) is 5.75 Å². The van der Waals surface area contributed by atoms with Crippen LogP contribution < -0.4 is 14.5 Å². The number of rotatable bonds is 5. The zero-order valence-corrected chi connectivity index (χ0v) is 13.8. The van der Waals surface area contributed by atoms with Gasteiger partial charge in [-0.3, -0.25) is 10.1 Å². The number of anilines is 1. The van der Waals surface area contributed by atoms with Crippen LogP contribution in [0.2, 0.25) is 0 Å². The second-order valence-corrected chi connectivity index (χ2v) is 6.04. The van der Waals surface area contributed by atoms with Crippen LogP contribution in [-0.2, 0) is 6.54 Å². The van der Waals surface area contributed by atoms with E-state index in [1.807, 2.05) is 24.3 Å². The Labute approximate surface area is 141 Å². The van der Waals surface area contributed by atoms with Crippen LogP contribution >= 0.6 is 0 Å². The highest BCUT2D eigenvalue weighted by Gasteiger charge is 2.20. The first-order chi connectivity index (χ1) is 11.7. The monoisotopic (exact) mass is 328 g/mol. The smallest absolute Gasteiger partial charge is 0.269 e. The molecular weight excluding hydrogens is 306 g/mol. The molecule has 0 atom stereocenters. The van der Waals surface area contributed by atoms with Crippen LogP contribution in [0.4, 0.5) is 11.4 Å². The highest BCUT2D eigenvalue weighted by Crippen LogP contribution is 2.19. The number of nitro benzene ring substituents is 1. The molecule has 2 aromatic carbocycles. The molecule has 1 saturated heterocycles. The van der Waals surface area contributed by atoms with Gasteiger partial charge < -0.3 is 14.5 Å². The lowest BCUT2D eigenvalue weighted by Gasteiger charge is -2.33. The molecule has 0 aromatic heterocycles. The Hall–Kier alpha value is -2.60. The first-order valence-electron chi connectivity index (χ1n) is 8.11. The summed E-state index contributed by atoms with van der Waals surface area (Å²) in [4.78, 5) is 14.2. The Kier molecular flexibility index (Phi) is 4.96. The summed E-state index contributed by atoms with van der Waals surface area (Å²) in [6.07, 6.45) is 0. The second-order valence-electron chi connectivity index (χ2n) is 6.04. The molecule has 0 saturated carbocycles. The first kappa shape index (κ1) is 16.3. The van der Waals surface area contributed by atoms with Gasteiger partial charge in [0.25, 0.3) is 5.69 Å². The van der Waals surface area contributed by atoms with Crippen LogP contribution in [0.1, 0.15) is 5.56 Å². The Balaban J connectivity index is 1.53. The molecule has 1 heterocycles. The molecule has 0 unspecified atom stereocenters. The van der Waals surface area contributed by atoms with Gasteiger partial charge in [-0.25, -0.2) is 0 Å². The summed E-state index contributed by atoms with van der Waals surface area (Å²) >= 11 is 0. The van der Waals surface area contributed by atoms with Crippen molar-refractivity contribution >= 4 is 11.4 Å². The van der Waals surface area contributed by atoms with E-state index in [2.05, 4.69) is 17.0 Å². The van der Waals surface area contributed by atoms with Gasteiger partial charge in [0.05, 0.1) is 38.2 Å². The van der Waals surface area contributed by atoms with E-state index in [1.54, 1.807) is 19.2 Å². The lowest BCUT2D eigenvalue weighted by molar-refractivity contribution is -0.914. The third-order valence-corrected chi connectivity index (χ3v) is 4.51. The van der Waals surface area contributed by atoms with E-state index >= 15 is 0 Å². The molecule has 1 N–H and O–H groups in total. The number of piperazine rings is 1. The van der Waals surface area contributed by atoms with Crippen molar-refractivity contribution in [2.75, 3.05) is 38.2 Å². The van der Waals surface area contributed by atoms with Crippen molar-refractivity contribution in [1.29, 1.82) is 0 Å². The summed E-state index contributed by atoms with van der Waals surface area (Å²) in [6, 6.07) is 15.1. The zero-order chi connectivity index (χ0) is 16.9. The number of nitrogens with one attached hydrogen (secondary N) is 1. The van der Waals surface area contributed by atoms with E-state index in [0.717, 1.165) is 44.0 Å². The third-order valence-electron chi connectivity index (χ3n) is 4.51. The molecule has 1 aliphatic rings. The van der Waals surface area contributed by atoms with Gasteiger partial charge in [-0.1, -0.05) is 0 Å². The normalized spacial score (nSPS) is 15.3. The van der Waals surface area contributed by atoms with E-state index in [-0.39, 0.29) is 10.6 Å². The molecule has 126 valence electrons. The number of nitro groups is 1. The van der Waals surface area contributed by atoms with Crippen molar-refractivity contribution in [3.05, 3.63) is 64.2 Å². The lowest BCUT2D eigenvalue weighted by Crippen LogP contribution is -3.13. The van der Waals surface area contributed by atoms with Gasteiger partial charge in [0.15, 0.2) is 0 Å². The fraction of sp³-hybridized carbons (Fsp3) is 0.333. The molecule has 6 nitrogen and oxygen atoms in total. The van der Waals surface area contributed by atoms with Crippen molar-refractivity contribution in [2.24, 2.45) is 0 Å². The number of hydrogen-bond acceptors (Lipinski definition) is 4. The maximum atomic E-state index is 10.7. The Morgan fingerprint density at radius 2 is 1.71 bits per heavy atom. The summed E-state index contributed by atoms with van der Waals surface area (Å²) in [6.45, 7) is 5.05. The fourth-order valence-corrected chi connectivity index (χ4v) is 3.08. The lowest BCUT2D eigenvalue weighted by atomic mass is 10.1. The average molecular weight is 328 g/mol. The number of quaternary nitrogens is 1. The van der Waals surface area contributed by atoms with Gasteiger partial charge in [0, 0.05) is 23.4 Å². The van der Waals surface area contributed by atoms with Crippen molar-refractivity contribution in [1.82, 2.24) is 0 Å². The predicted molar refractivity (Wildman–Crippen MR) is 92.7 cm³/mol. The minimum atomic E-state index is -0.357. The van der Waals surface area contributed by atoms with E-state index in [0.29, 0.717) is 0 Å². The van der Waals surface area contributed by atoms with E-state index in [9.17, 15) is 10.1 Å². The van der Waals surface area contributed by atoms with Crippen molar-refractivity contribution in [2.45, 2.75) is 6.54 Å². The van der Waals surface area contributed by atoms with Crippen molar-refractivity contribution in [3.8, 4) is 5.75 Å². The Morgan fingerprint density at radius 1 is 1.08 bits per heavy atom. The molecule has 6 heteroatoms. The van der Waals surface area contributed by atoms with Crippen LogP contribution in [0.3, 0.4) is 0 Å². The molecule has 24 heavy (non-hydrogen) atoms. The number of hydrogen-bond donors (Lipinski definition) is 1. The molecule has 0 aliphatic carbocycles. The van der Waals surface area contributed by atoms with Gasteiger partial charge >= 0.3 is 0 Å². The summed E-state index contributed by atoms with van der Waals surface area (Å²) in [7, 11) is 1.68. The molecule has 0 spiro atoms. The van der Waals surface area contributed by atoms with Crippen molar-refractivity contribution in [3.63, 3.8) is 0 Å². The molecule has 0 radical (unpaired) electrons. The maximum Gasteiger partial charge on any atom is 0.269 e. The SMILES string of the molecule is COc1ccc(N2CC[NH+](Cc3ccc([N+](=O)[O-])cc3)CC2)cc1. The highest BCUT2D eigenvalue weighted by atomic mass is 16.6. The molecule has 3 rings (SSSR count). The molecule has 2 aromatic rings. The number of non-ortho nitro benzene ring substituents is 1. The van der Waals surface area contributed by atoms with Crippen LogP contribution in [0.25, 0.3) is 0 Å².